The Labute approximate surface area is 114 Å². The topological polar surface area (TPSA) is 46.5 Å². The molecule has 0 bridgehead atoms. The van der Waals surface area contributed by atoms with Crippen LogP contribution in [0.4, 0.5) is 0 Å². The first-order valence-corrected chi connectivity index (χ1v) is 6.96. The van der Waals surface area contributed by atoms with Gasteiger partial charge in [-0.1, -0.05) is 25.1 Å². The minimum absolute atomic E-state index is 0.207. The average Bonchev–Trinajstić information content (AvgIpc) is 2.39. The van der Waals surface area contributed by atoms with Gasteiger partial charge in [0, 0.05) is 0 Å². The largest absolute Gasteiger partial charge is 0.496 e. The lowest BCUT2D eigenvalue weighted by atomic mass is 9.72. The molecule has 0 spiro atoms. The molecule has 1 aliphatic rings. The zero-order valence-corrected chi connectivity index (χ0v) is 11.6. The van der Waals surface area contributed by atoms with Gasteiger partial charge in [-0.05, 0) is 49.1 Å². The van der Waals surface area contributed by atoms with Crippen LogP contribution in [0.2, 0.25) is 0 Å². The van der Waals surface area contributed by atoms with Crippen molar-refractivity contribution in [3.8, 4) is 5.75 Å². The van der Waals surface area contributed by atoms with Crippen molar-refractivity contribution < 1.29 is 14.6 Å². The van der Waals surface area contributed by atoms with E-state index >= 15 is 0 Å². The molecule has 1 aromatic rings. The number of carbonyl (C=O) groups is 1. The number of hydrogen-bond donors (Lipinski definition) is 1. The standard InChI is InChI=1S/C16H22O3/c1-11-7-8-14(16(17)18)13(9-11)10-12-5-3-4-6-15(12)19-2/h3-6,11,13-14H,7-10H2,1-2H3,(H,17,18). The number of carboxylic acid groups (broad SMARTS) is 1. The van der Waals surface area contributed by atoms with E-state index in [1.54, 1.807) is 7.11 Å². The monoisotopic (exact) mass is 262 g/mol. The second kappa shape index (κ2) is 6.09. The summed E-state index contributed by atoms with van der Waals surface area (Å²) in [5.41, 5.74) is 1.12. The third-order valence-electron chi connectivity index (χ3n) is 4.24. The average molecular weight is 262 g/mol. The van der Waals surface area contributed by atoms with Crippen molar-refractivity contribution in [2.45, 2.75) is 32.6 Å². The van der Waals surface area contributed by atoms with Crippen LogP contribution in [-0.2, 0) is 11.2 Å². The van der Waals surface area contributed by atoms with Gasteiger partial charge in [0.1, 0.15) is 5.75 Å². The minimum Gasteiger partial charge on any atom is -0.496 e. The Morgan fingerprint density at radius 1 is 1.37 bits per heavy atom. The van der Waals surface area contributed by atoms with Gasteiger partial charge in [-0.3, -0.25) is 4.79 Å². The third kappa shape index (κ3) is 3.28. The van der Waals surface area contributed by atoms with Gasteiger partial charge >= 0.3 is 5.97 Å². The minimum atomic E-state index is -0.646. The van der Waals surface area contributed by atoms with Gasteiger partial charge in [0.2, 0.25) is 0 Å². The normalized spacial score (nSPS) is 26.9. The fourth-order valence-electron chi connectivity index (χ4n) is 3.20. The summed E-state index contributed by atoms with van der Waals surface area (Å²) in [6, 6.07) is 7.91. The van der Waals surface area contributed by atoms with E-state index in [4.69, 9.17) is 4.74 Å². The van der Waals surface area contributed by atoms with E-state index < -0.39 is 5.97 Å². The highest BCUT2D eigenvalue weighted by atomic mass is 16.5. The molecule has 3 atom stereocenters. The van der Waals surface area contributed by atoms with Gasteiger partial charge in [0.05, 0.1) is 13.0 Å². The molecule has 0 saturated heterocycles. The molecule has 2 rings (SSSR count). The molecule has 1 aliphatic carbocycles. The molecule has 0 radical (unpaired) electrons. The molecule has 104 valence electrons. The molecular formula is C16H22O3. The smallest absolute Gasteiger partial charge is 0.306 e. The number of aliphatic carboxylic acids is 1. The second-order valence-corrected chi connectivity index (χ2v) is 5.64. The molecule has 1 fully saturated rings. The van der Waals surface area contributed by atoms with Crippen LogP contribution in [0, 0.1) is 17.8 Å². The number of para-hydroxylation sites is 1. The lowest BCUT2D eigenvalue weighted by molar-refractivity contribution is -0.145. The van der Waals surface area contributed by atoms with Gasteiger partial charge in [0.15, 0.2) is 0 Å². The molecular weight excluding hydrogens is 240 g/mol. The molecule has 3 unspecified atom stereocenters. The molecule has 3 heteroatoms. The van der Waals surface area contributed by atoms with Crippen LogP contribution < -0.4 is 4.74 Å². The first-order valence-electron chi connectivity index (χ1n) is 6.96. The highest BCUT2D eigenvalue weighted by molar-refractivity contribution is 5.70. The first-order chi connectivity index (χ1) is 9.11. The lowest BCUT2D eigenvalue weighted by Crippen LogP contribution is -2.31. The molecule has 0 heterocycles. The van der Waals surface area contributed by atoms with Crippen LogP contribution in [0.25, 0.3) is 0 Å². The highest BCUT2D eigenvalue weighted by Crippen LogP contribution is 2.37. The predicted octanol–water partition coefficient (Wildman–Crippen LogP) is 3.37. The Bertz CT molecular complexity index is 441. The zero-order valence-electron chi connectivity index (χ0n) is 11.6. The van der Waals surface area contributed by atoms with E-state index in [9.17, 15) is 9.90 Å². The zero-order chi connectivity index (χ0) is 13.8. The van der Waals surface area contributed by atoms with Gasteiger partial charge in [-0.25, -0.2) is 0 Å². The van der Waals surface area contributed by atoms with Crippen LogP contribution in [0.15, 0.2) is 24.3 Å². The van der Waals surface area contributed by atoms with E-state index in [0.717, 1.165) is 37.0 Å². The van der Waals surface area contributed by atoms with Crippen LogP contribution >= 0.6 is 0 Å². The van der Waals surface area contributed by atoms with Crippen molar-refractivity contribution in [1.29, 1.82) is 0 Å². The Balaban J connectivity index is 2.16. The van der Waals surface area contributed by atoms with Gasteiger partial charge in [-0.2, -0.15) is 0 Å². The van der Waals surface area contributed by atoms with Crippen molar-refractivity contribution >= 4 is 5.97 Å². The molecule has 1 aromatic carbocycles. The predicted molar refractivity (Wildman–Crippen MR) is 74.3 cm³/mol. The number of methoxy groups -OCH3 is 1. The van der Waals surface area contributed by atoms with Crippen molar-refractivity contribution in [2.75, 3.05) is 7.11 Å². The molecule has 1 N–H and O–H groups in total. The van der Waals surface area contributed by atoms with E-state index in [2.05, 4.69) is 6.92 Å². The number of benzene rings is 1. The van der Waals surface area contributed by atoms with Gasteiger partial charge < -0.3 is 9.84 Å². The highest BCUT2D eigenvalue weighted by Gasteiger charge is 2.33. The molecule has 3 nitrogen and oxygen atoms in total. The van der Waals surface area contributed by atoms with Crippen molar-refractivity contribution in [1.82, 2.24) is 0 Å². The Morgan fingerprint density at radius 3 is 2.79 bits per heavy atom. The number of rotatable bonds is 4. The Kier molecular flexibility index (Phi) is 4.46. The summed E-state index contributed by atoms with van der Waals surface area (Å²) in [4.78, 5) is 11.4. The fraction of sp³-hybridized carbons (Fsp3) is 0.562. The van der Waals surface area contributed by atoms with Crippen molar-refractivity contribution in [3.05, 3.63) is 29.8 Å². The van der Waals surface area contributed by atoms with Crippen LogP contribution in [0.5, 0.6) is 5.75 Å². The fourth-order valence-corrected chi connectivity index (χ4v) is 3.20. The van der Waals surface area contributed by atoms with Crippen molar-refractivity contribution in [3.63, 3.8) is 0 Å². The maximum Gasteiger partial charge on any atom is 0.306 e. The van der Waals surface area contributed by atoms with E-state index in [-0.39, 0.29) is 11.8 Å². The maximum absolute atomic E-state index is 11.4. The quantitative estimate of drug-likeness (QED) is 0.905. The molecule has 1 saturated carbocycles. The SMILES string of the molecule is COc1ccccc1CC1CC(C)CCC1C(=O)O. The van der Waals surface area contributed by atoms with Gasteiger partial charge in [0.25, 0.3) is 0 Å². The summed E-state index contributed by atoms with van der Waals surface area (Å²) in [5, 5.41) is 9.37. The molecule has 19 heavy (non-hydrogen) atoms. The maximum atomic E-state index is 11.4. The van der Waals surface area contributed by atoms with Crippen molar-refractivity contribution in [2.24, 2.45) is 17.8 Å². The van der Waals surface area contributed by atoms with Crippen LogP contribution in [-0.4, -0.2) is 18.2 Å². The Hall–Kier alpha value is -1.51. The van der Waals surface area contributed by atoms with E-state index in [1.165, 1.54) is 0 Å². The first kappa shape index (κ1) is 13.9. The third-order valence-corrected chi connectivity index (χ3v) is 4.24. The summed E-state index contributed by atoms with van der Waals surface area (Å²) >= 11 is 0. The number of ether oxygens (including phenoxy) is 1. The summed E-state index contributed by atoms with van der Waals surface area (Å²) in [7, 11) is 1.66. The summed E-state index contributed by atoms with van der Waals surface area (Å²) < 4.78 is 5.36. The molecule has 0 aromatic heterocycles. The summed E-state index contributed by atoms with van der Waals surface area (Å²) in [6.07, 6.45) is 3.62. The molecule has 0 amide bonds. The number of hydrogen-bond acceptors (Lipinski definition) is 2. The van der Waals surface area contributed by atoms with E-state index in [0.29, 0.717) is 5.92 Å². The second-order valence-electron chi connectivity index (χ2n) is 5.64. The number of carboxylic acids is 1. The van der Waals surface area contributed by atoms with Gasteiger partial charge in [-0.15, -0.1) is 0 Å². The van der Waals surface area contributed by atoms with Crippen LogP contribution in [0.3, 0.4) is 0 Å². The molecule has 0 aliphatic heterocycles. The Morgan fingerprint density at radius 2 is 2.11 bits per heavy atom. The summed E-state index contributed by atoms with van der Waals surface area (Å²) in [5.74, 6) is 0.852. The summed E-state index contributed by atoms with van der Waals surface area (Å²) in [6.45, 7) is 2.22. The van der Waals surface area contributed by atoms with Crippen LogP contribution in [0.1, 0.15) is 31.7 Å². The van der Waals surface area contributed by atoms with E-state index in [1.807, 2.05) is 24.3 Å². The lowest BCUT2D eigenvalue weighted by Gasteiger charge is -2.32.